The molecule has 0 aliphatic carbocycles. The summed E-state index contributed by atoms with van der Waals surface area (Å²) in [5.41, 5.74) is 0. The van der Waals surface area contributed by atoms with Gasteiger partial charge in [0.05, 0.1) is 13.2 Å². The molecule has 0 spiro atoms. The van der Waals surface area contributed by atoms with Crippen LogP contribution in [-0.4, -0.2) is 40.1 Å². The monoisotopic (exact) mass is 134 g/mol. The fourth-order valence-electron chi connectivity index (χ4n) is 0.0577. The summed E-state index contributed by atoms with van der Waals surface area (Å²) < 4.78 is 0. The molecule has 0 aromatic carbocycles. The number of rotatable bonds is 2. The zero-order valence-corrected chi connectivity index (χ0v) is 6.83. The third-order valence-electron chi connectivity index (χ3n) is 0.421. The molecular formula is C3H11NaO4. The van der Waals surface area contributed by atoms with Crippen molar-refractivity contribution in [2.75, 3.05) is 13.2 Å². The van der Waals surface area contributed by atoms with Crippen LogP contribution < -0.4 is 29.6 Å². The van der Waals surface area contributed by atoms with Gasteiger partial charge in [-0.2, -0.15) is 0 Å². The molecule has 0 aliphatic rings. The summed E-state index contributed by atoms with van der Waals surface area (Å²) >= 11 is 0. The summed E-state index contributed by atoms with van der Waals surface area (Å²) in [6.07, 6.45) is -0.954. The van der Waals surface area contributed by atoms with Crippen LogP contribution in [0.3, 0.4) is 0 Å². The van der Waals surface area contributed by atoms with Crippen molar-refractivity contribution in [3.05, 3.63) is 0 Å². The molecule has 0 aromatic rings. The van der Waals surface area contributed by atoms with Crippen LogP contribution in [0.15, 0.2) is 0 Å². The summed E-state index contributed by atoms with van der Waals surface area (Å²) in [6.45, 7) is -0.729. The van der Waals surface area contributed by atoms with Crippen molar-refractivity contribution in [2.24, 2.45) is 0 Å². The van der Waals surface area contributed by atoms with Crippen molar-refractivity contribution in [3.63, 3.8) is 0 Å². The van der Waals surface area contributed by atoms with Crippen molar-refractivity contribution in [2.45, 2.75) is 6.10 Å². The topological polar surface area (TPSA) is 92.2 Å². The van der Waals surface area contributed by atoms with Gasteiger partial charge in [0.2, 0.25) is 0 Å². The van der Waals surface area contributed by atoms with E-state index >= 15 is 0 Å². The van der Waals surface area contributed by atoms with Gasteiger partial charge in [-0.1, -0.05) is 0 Å². The van der Waals surface area contributed by atoms with Crippen molar-refractivity contribution in [1.82, 2.24) is 0 Å². The van der Waals surface area contributed by atoms with Crippen molar-refractivity contribution in [3.8, 4) is 0 Å². The van der Waals surface area contributed by atoms with Gasteiger partial charge in [0.15, 0.2) is 0 Å². The standard InChI is InChI=1S/C3H8O3.Na.H2O.H/c4-1-3(6)2-5;;;/h3-6H,1-2H2;;1H2;/q;+1;;-1. The molecular weight excluding hydrogens is 123 g/mol. The van der Waals surface area contributed by atoms with Crippen LogP contribution in [0.4, 0.5) is 0 Å². The molecule has 0 fully saturated rings. The molecule has 5 heteroatoms. The second-order valence-corrected chi connectivity index (χ2v) is 1.02. The van der Waals surface area contributed by atoms with Crippen LogP contribution in [0.1, 0.15) is 1.43 Å². The largest absolute Gasteiger partial charge is 1.00 e. The first kappa shape index (κ1) is 15.9. The molecule has 0 saturated heterocycles. The van der Waals surface area contributed by atoms with Gasteiger partial charge >= 0.3 is 29.6 Å². The third-order valence-corrected chi connectivity index (χ3v) is 0.421. The molecule has 0 atom stereocenters. The van der Waals surface area contributed by atoms with Gasteiger partial charge in [0.25, 0.3) is 0 Å². The van der Waals surface area contributed by atoms with E-state index in [1.807, 2.05) is 0 Å². The van der Waals surface area contributed by atoms with E-state index in [-0.39, 0.29) is 49.7 Å². The quantitative estimate of drug-likeness (QED) is 0.329. The molecule has 0 amide bonds. The molecule has 0 unspecified atom stereocenters. The van der Waals surface area contributed by atoms with Crippen LogP contribution in [0, 0.1) is 0 Å². The molecule has 0 radical (unpaired) electrons. The Morgan fingerprint density at radius 1 is 1.25 bits per heavy atom. The second kappa shape index (κ2) is 10.8. The summed E-state index contributed by atoms with van der Waals surface area (Å²) in [5.74, 6) is 0. The van der Waals surface area contributed by atoms with Crippen molar-refractivity contribution >= 4 is 0 Å². The summed E-state index contributed by atoms with van der Waals surface area (Å²) in [6, 6.07) is 0. The fraction of sp³-hybridized carbons (Fsp3) is 1.00. The zero-order valence-electron chi connectivity index (χ0n) is 5.83. The van der Waals surface area contributed by atoms with Crippen LogP contribution in [0.25, 0.3) is 0 Å². The molecule has 0 aliphatic heterocycles. The van der Waals surface area contributed by atoms with E-state index in [1.54, 1.807) is 0 Å². The van der Waals surface area contributed by atoms with Crippen LogP contribution >= 0.6 is 0 Å². The fourth-order valence-corrected chi connectivity index (χ4v) is 0.0577. The van der Waals surface area contributed by atoms with E-state index in [9.17, 15) is 0 Å². The van der Waals surface area contributed by atoms with Crippen LogP contribution in [0.2, 0.25) is 0 Å². The van der Waals surface area contributed by atoms with Gasteiger partial charge in [0.1, 0.15) is 6.10 Å². The Morgan fingerprint density at radius 3 is 1.50 bits per heavy atom. The summed E-state index contributed by atoms with van der Waals surface area (Å²) in [5, 5.41) is 24.0. The maximum atomic E-state index is 8.17. The Balaban J connectivity index is -0.0000000417. The van der Waals surface area contributed by atoms with Gasteiger partial charge in [0, 0.05) is 0 Å². The van der Waals surface area contributed by atoms with Crippen molar-refractivity contribution in [1.29, 1.82) is 0 Å². The Bertz CT molecular complexity index is 35.0. The van der Waals surface area contributed by atoms with Crippen LogP contribution in [0.5, 0.6) is 0 Å². The number of hydrogen-bond acceptors (Lipinski definition) is 3. The first-order chi connectivity index (χ1) is 2.81. The molecule has 0 bridgehead atoms. The third kappa shape index (κ3) is 9.96. The van der Waals surface area contributed by atoms with E-state index in [4.69, 9.17) is 15.3 Å². The molecule has 0 heterocycles. The number of hydrogen-bond donors (Lipinski definition) is 3. The van der Waals surface area contributed by atoms with Gasteiger partial charge in [-0.25, -0.2) is 0 Å². The molecule has 8 heavy (non-hydrogen) atoms. The first-order valence-electron chi connectivity index (χ1n) is 1.71. The molecule has 0 rings (SSSR count). The minimum absolute atomic E-state index is 0. The number of aliphatic hydroxyl groups excluding tert-OH is 3. The zero-order chi connectivity index (χ0) is 4.99. The minimum atomic E-state index is -0.954. The molecule has 4 nitrogen and oxygen atoms in total. The first-order valence-corrected chi connectivity index (χ1v) is 1.71. The maximum absolute atomic E-state index is 8.17. The van der Waals surface area contributed by atoms with Gasteiger partial charge in [-0.3, -0.25) is 0 Å². The van der Waals surface area contributed by atoms with E-state index in [1.165, 1.54) is 0 Å². The van der Waals surface area contributed by atoms with E-state index in [0.29, 0.717) is 0 Å². The maximum Gasteiger partial charge on any atom is 1.00 e. The van der Waals surface area contributed by atoms with Crippen LogP contribution in [-0.2, 0) is 0 Å². The van der Waals surface area contributed by atoms with Gasteiger partial charge in [-0.15, -0.1) is 0 Å². The summed E-state index contributed by atoms with van der Waals surface area (Å²) in [7, 11) is 0. The predicted molar refractivity (Wildman–Crippen MR) is 24.9 cm³/mol. The van der Waals surface area contributed by atoms with E-state index in [0.717, 1.165) is 0 Å². The summed E-state index contributed by atoms with van der Waals surface area (Å²) in [4.78, 5) is 0. The second-order valence-electron chi connectivity index (χ2n) is 1.02. The molecule has 0 saturated carbocycles. The van der Waals surface area contributed by atoms with Gasteiger partial charge in [-0.05, 0) is 0 Å². The normalized spacial score (nSPS) is 7.50. The number of aliphatic hydroxyl groups is 3. The Hall–Kier alpha value is 0.840. The van der Waals surface area contributed by atoms with Crippen molar-refractivity contribution < 1.29 is 51.8 Å². The average molecular weight is 134 g/mol. The average Bonchev–Trinajstić information content (AvgIpc) is 1.65. The Labute approximate surface area is 71.2 Å². The Kier molecular flexibility index (Phi) is 21.4. The molecule has 5 N–H and O–H groups in total. The van der Waals surface area contributed by atoms with Gasteiger partial charge < -0.3 is 22.2 Å². The Morgan fingerprint density at radius 2 is 1.50 bits per heavy atom. The smallest absolute Gasteiger partial charge is 1.00 e. The van der Waals surface area contributed by atoms with E-state index < -0.39 is 6.10 Å². The molecule has 0 aromatic heterocycles. The SMILES string of the molecule is O.OCC(O)CO.[H-].[Na+]. The minimum Gasteiger partial charge on any atom is -1.00 e. The molecule has 48 valence electrons. The van der Waals surface area contributed by atoms with E-state index in [2.05, 4.69) is 0 Å². The predicted octanol–water partition coefficient (Wildman–Crippen LogP) is -5.38.